The van der Waals surface area contributed by atoms with E-state index < -0.39 is 30.6 Å². The number of hydrogen-bond acceptors (Lipinski definition) is 21. The summed E-state index contributed by atoms with van der Waals surface area (Å²) in [6, 6.07) is 9.27. The first kappa shape index (κ1) is 82.5. The number of carbonyl (C=O) groups excluding carboxylic acids is 2. The van der Waals surface area contributed by atoms with Crippen molar-refractivity contribution in [3.63, 3.8) is 0 Å². The Hall–Kier alpha value is -11.8. The van der Waals surface area contributed by atoms with E-state index in [2.05, 4.69) is 4.74 Å². The first-order valence-electron chi connectivity index (χ1n) is 34.7. The highest BCUT2D eigenvalue weighted by Gasteiger charge is 2.28. The molecule has 9 rings (SSSR count). The van der Waals surface area contributed by atoms with Crippen LogP contribution in [-0.4, -0.2) is 90.4 Å². The monoisotopic (exact) mass is 1470 g/mol. The Balaban J connectivity index is 0.000000225. The van der Waals surface area contributed by atoms with Gasteiger partial charge in [-0.25, -0.2) is 9.59 Å². The Morgan fingerprint density at radius 3 is 1.01 bits per heavy atom. The fraction of sp³-hybridized carbons (Fsp3) is 0.345. The molecule has 3 heterocycles. The smallest absolute Gasteiger partial charge is 0.341 e. The van der Waals surface area contributed by atoms with Crippen molar-refractivity contribution in [2.75, 3.05) is 40.0 Å². The van der Waals surface area contributed by atoms with Crippen LogP contribution in [0.25, 0.3) is 65.8 Å². The van der Waals surface area contributed by atoms with Crippen LogP contribution in [0.15, 0.2) is 134 Å². The Labute approximate surface area is 618 Å². The molecule has 0 unspecified atom stereocenters. The minimum absolute atomic E-state index is 0.0249. The van der Waals surface area contributed by atoms with Crippen LogP contribution >= 0.6 is 0 Å². The zero-order valence-electron chi connectivity index (χ0n) is 63.7. The second-order valence-electron chi connectivity index (χ2n) is 26.8. The van der Waals surface area contributed by atoms with E-state index in [4.69, 9.17) is 51.5 Å². The molecule has 0 saturated carbocycles. The van der Waals surface area contributed by atoms with E-state index in [1.54, 1.807) is 32.0 Å². The van der Waals surface area contributed by atoms with Crippen molar-refractivity contribution in [1.29, 1.82) is 0 Å². The average molecular weight is 1470 g/mol. The lowest BCUT2D eigenvalue weighted by Crippen LogP contribution is -2.15. The Morgan fingerprint density at radius 1 is 0.364 bits per heavy atom. The van der Waals surface area contributed by atoms with Crippen LogP contribution in [0.4, 0.5) is 0 Å². The number of fused-ring (bicyclic) bond motifs is 6. The average Bonchev–Trinajstić information content (AvgIpc) is 0.668. The molecule has 23 heteroatoms. The molecule has 5 N–H and O–H groups in total. The second kappa shape index (κ2) is 37.3. The molecule has 9 aromatic rings. The molecule has 0 amide bonds. The summed E-state index contributed by atoms with van der Waals surface area (Å²) in [4.78, 5) is 85.5. The topological polar surface area (TPSA) is 334 Å². The number of carbonyl (C=O) groups is 4. The van der Waals surface area contributed by atoms with Gasteiger partial charge >= 0.3 is 11.9 Å². The maximum Gasteiger partial charge on any atom is 0.341 e. The maximum absolute atomic E-state index is 14.2. The van der Waals surface area contributed by atoms with Gasteiger partial charge in [0.25, 0.3) is 12.9 Å². The van der Waals surface area contributed by atoms with Gasteiger partial charge in [0.15, 0.2) is 13.2 Å². The van der Waals surface area contributed by atoms with Crippen molar-refractivity contribution in [1.82, 2.24) is 0 Å². The number of allylic oxidation sites excluding steroid dienone is 12. The summed E-state index contributed by atoms with van der Waals surface area (Å²) in [5.41, 5.74) is 11.8. The molecule has 0 bridgehead atoms. The predicted molar refractivity (Wildman–Crippen MR) is 412 cm³/mol. The van der Waals surface area contributed by atoms with Gasteiger partial charge in [-0.15, -0.1) is 0 Å². The zero-order chi connectivity index (χ0) is 78.8. The largest absolute Gasteiger partial charge is 0.508 e. The summed E-state index contributed by atoms with van der Waals surface area (Å²) in [5.74, 6) is -0.846. The summed E-state index contributed by atoms with van der Waals surface area (Å²) < 4.78 is 61.8. The minimum Gasteiger partial charge on any atom is -0.508 e. The van der Waals surface area contributed by atoms with Crippen LogP contribution in [0.3, 0.4) is 0 Å². The molecular formula is C84H94O23. The summed E-state index contributed by atoms with van der Waals surface area (Å²) in [7, 11) is 0. The third kappa shape index (κ3) is 20.0. The summed E-state index contributed by atoms with van der Waals surface area (Å²) in [5, 5.41) is 52.5. The number of ether oxygens (including phenoxy) is 8. The molecule has 6 aromatic carbocycles. The van der Waals surface area contributed by atoms with Gasteiger partial charge in [-0.2, -0.15) is 0 Å². The lowest BCUT2D eigenvalue weighted by atomic mass is 9.96. The third-order valence-corrected chi connectivity index (χ3v) is 17.2. The van der Waals surface area contributed by atoms with Crippen LogP contribution in [0.5, 0.6) is 51.7 Å². The molecule has 0 aliphatic heterocycles. The van der Waals surface area contributed by atoms with E-state index in [1.807, 2.05) is 140 Å². The molecule has 107 heavy (non-hydrogen) atoms. The quantitative estimate of drug-likeness (QED) is 0.00918. The fourth-order valence-corrected chi connectivity index (χ4v) is 11.8. The van der Waals surface area contributed by atoms with Crippen molar-refractivity contribution in [2.45, 2.75) is 156 Å². The number of hydrogen-bond donors (Lipinski definition) is 5. The maximum atomic E-state index is 14.2. The van der Waals surface area contributed by atoms with Gasteiger partial charge in [-0.3, -0.25) is 24.0 Å². The van der Waals surface area contributed by atoms with Crippen LogP contribution in [0, 0.1) is 20.8 Å². The number of carboxylic acids is 2. The molecule has 3 aromatic heterocycles. The minimum atomic E-state index is -1.19. The van der Waals surface area contributed by atoms with Gasteiger partial charge in [0.05, 0.1) is 29.4 Å². The Bertz CT molecular complexity index is 5270. The molecule has 0 atom stereocenters. The predicted octanol–water partition coefficient (Wildman–Crippen LogP) is 16.7. The SMILES string of the molecule is CC(C)=CCc1c(OCC(=O)O)cc2oc3cc(OCOC=O)c(C)c(CC=C(C)C)c3c(=O)c2c1O.CCOc1cc2oc3cc(O)c(C)c(CC=C(C)C)c3c(=O)c2c(O)c1CC=C(C)C.CCOc1cc2oc3cc(OCOC=O)c(C)c(CC=C(C)C)c3c(=O)c2c(OCC(=O)O)c1CC=C(C)C. The van der Waals surface area contributed by atoms with E-state index in [9.17, 15) is 54.0 Å². The van der Waals surface area contributed by atoms with Crippen LogP contribution < -0.4 is 44.7 Å². The number of rotatable bonds is 30. The molecule has 0 saturated heterocycles. The first-order chi connectivity index (χ1) is 50.8. The van der Waals surface area contributed by atoms with Crippen LogP contribution in [0.1, 0.15) is 147 Å². The molecular weight excluding hydrogens is 1380 g/mol. The highest BCUT2D eigenvalue weighted by atomic mass is 16.7. The summed E-state index contributed by atoms with van der Waals surface area (Å²) >= 11 is 0. The van der Waals surface area contributed by atoms with Gasteiger partial charge < -0.3 is 76.7 Å². The Morgan fingerprint density at radius 2 is 0.654 bits per heavy atom. The standard InChI is InChI=1S/C30H34O9.C28H30O9.C26H30O5/c1-7-36-23-13-25-28(30(37-14-26(32)33)21(23)11-9-18(4)5)29(34)27-20(10-8-17(2)3)19(6)22(12-24(27)39-25)38-16-35-15-31;1-15(2)6-8-18-17(5)20(36-14-34-13-29)10-22-25(18)28(33)26-23(37-22)11-21(35-12-24(30)31)19(27(26)32)9-7-16(3)4;1-7-30-20-13-22-24(25(28)18(20)11-9-15(4)5)26(29)23-17(10-8-14(2)3)16(6)19(27)12-21(23)31-22/h8-9,12-13,15H,7,10-11,14,16H2,1-6H3,(H,32,33);6-7,10-11,13,32H,8-9,12,14H2,1-5H3,(H,30,31);8-9,12-13,27-28H,7,10-11H2,1-6H3. The normalized spacial score (nSPS) is 10.8. The number of aliphatic carboxylic acids is 2. The van der Waals surface area contributed by atoms with Gasteiger partial charge in [0.1, 0.15) is 101 Å². The van der Waals surface area contributed by atoms with E-state index in [0.717, 1.165) is 33.4 Å². The molecule has 0 spiro atoms. The van der Waals surface area contributed by atoms with Gasteiger partial charge in [-0.05, 0) is 190 Å². The van der Waals surface area contributed by atoms with Crippen LogP contribution in [0.2, 0.25) is 0 Å². The molecule has 568 valence electrons. The number of carboxylic acid groups (broad SMARTS) is 2. The van der Waals surface area contributed by atoms with Gasteiger partial charge in [0, 0.05) is 53.1 Å². The number of phenolic OH excluding ortho intramolecular Hbond substituents is 3. The first-order valence-corrected chi connectivity index (χ1v) is 34.7. The highest BCUT2D eigenvalue weighted by molar-refractivity contribution is 6.00. The fourth-order valence-electron chi connectivity index (χ4n) is 11.8. The van der Waals surface area contributed by atoms with Crippen molar-refractivity contribution in [3.05, 3.63) is 187 Å². The van der Waals surface area contributed by atoms with Gasteiger partial charge in [0.2, 0.25) is 29.9 Å². The van der Waals surface area contributed by atoms with Crippen molar-refractivity contribution < 1.29 is 95.9 Å². The lowest BCUT2D eigenvalue weighted by molar-refractivity contribution is -0.140. The summed E-state index contributed by atoms with van der Waals surface area (Å²) in [6.45, 7) is 31.8. The molecule has 23 nitrogen and oxygen atoms in total. The highest BCUT2D eigenvalue weighted by Crippen LogP contribution is 2.44. The molecule has 0 aliphatic carbocycles. The summed E-state index contributed by atoms with van der Waals surface area (Å²) in [6.07, 6.45) is 14.1. The molecule has 0 radical (unpaired) electrons. The second-order valence-corrected chi connectivity index (χ2v) is 26.8. The van der Waals surface area contributed by atoms with Crippen LogP contribution in [-0.2, 0) is 67.2 Å². The van der Waals surface area contributed by atoms with Crippen molar-refractivity contribution >= 4 is 90.7 Å². The Kier molecular flexibility index (Phi) is 28.8. The van der Waals surface area contributed by atoms with E-state index in [0.29, 0.717) is 124 Å². The number of aromatic hydroxyl groups is 3. The van der Waals surface area contributed by atoms with E-state index in [1.165, 1.54) is 18.2 Å². The van der Waals surface area contributed by atoms with Crippen molar-refractivity contribution in [2.24, 2.45) is 0 Å². The van der Waals surface area contributed by atoms with E-state index >= 15 is 0 Å². The van der Waals surface area contributed by atoms with E-state index in [-0.39, 0.29) is 133 Å². The lowest BCUT2D eigenvalue weighted by Gasteiger charge is -2.18. The third-order valence-electron chi connectivity index (χ3n) is 17.2. The zero-order valence-corrected chi connectivity index (χ0v) is 63.7. The molecule has 0 fully saturated rings. The number of phenols is 3. The van der Waals surface area contributed by atoms with Gasteiger partial charge in [-0.1, -0.05) is 69.9 Å². The number of benzene rings is 6. The van der Waals surface area contributed by atoms with Crippen molar-refractivity contribution in [3.8, 4) is 51.7 Å². The molecule has 0 aliphatic rings.